The number of nitro groups is 1. The number of benzene rings is 1. The summed E-state index contributed by atoms with van der Waals surface area (Å²) in [5.74, 6) is -2.75. The lowest BCUT2D eigenvalue weighted by Gasteiger charge is -2.12. The maximum atomic E-state index is 13.4. The number of anilines is 1. The highest BCUT2D eigenvalue weighted by atomic mass is 19.1. The van der Waals surface area contributed by atoms with Gasteiger partial charge in [0.15, 0.2) is 0 Å². The van der Waals surface area contributed by atoms with Gasteiger partial charge < -0.3 is 5.32 Å². The third-order valence-electron chi connectivity index (χ3n) is 2.93. The zero-order chi connectivity index (χ0) is 16.3. The van der Waals surface area contributed by atoms with E-state index in [-0.39, 0.29) is 17.9 Å². The standard InChI is InChI=1S/C13H12F2N4O3/c1-8(6-18-7-10(5-16-18)19(21)22)13(20)17-12-3-2-9(14)4-11(12)15/h2-5,7-8H,6H2,1H3,(H,17,20). The van der Waals surface area contributed by atoms with Gasteiger partial charge in [-0.05, 0) is 12.1 Å². The van der Waals surface area contributed by atoms with Crippen LogP contribution in [0.2, 0.25) is 0 Å². The first-order valence-electron chi connectivity index (χ1n) is 6.29. The summed E-state index contributed by atoms with van der Waals surface area (Å²) in [5, 5.41) is 16.6. The van der Waals surface area contributed by atoms with Crippen molar-refractivity contribution in [3.8, 4) is 0 Å². The predicted molar refractivity (Wildman–Crippen MR) is 73.0 cm³/mol. The average molecular weight is 310 g/mol. The fraction of sp³-hybridized carbons (Fsp3) is 0.231. The molecule has 1 heterocycles. The first-order chi connectivity index (χ1) is 10.4. The second-order valence-electron chi connectivity index (χ2n) is 4.69. The van der Waals surface area contributed by atoms with Crippen molar-refractivity contribution in [2.45, 2.75) is 13.5 Å². The number of halogens is 2. The molecule has 0 radical (unpaired) electrons. The molecular formula is C13H12F2N4O3. The van der Waals surface area contributed by atoms with Crippen molar-refractivity contribution in [2.75, 3.05) is 5.32 Å². The fourth-order valence-electron chi connectivity index (χ4n) is 1.76. The lowest BCUT2D eigenvalue weighted by atomic mass is 10.1. The van der Waals surface area contributed by atoms with Gasteiger partial charge in [0.05, 0.1) is 23.1 Å². The summed E-state index contributed by atoms with van der Waals surface area (Å²) in [6.45, 7) is 1.65. The van der Waals surface area contributed by atoms with E-state index in [1.54, 1.807) is 6.92 Å². The van der Waals surface area contributed by atoms with Crippen molar-refractivity contribution in [3.63, 3.8) is 0 Å². The van der Waals surface area contributed by atoms with Crippen molar-refractivity contribution in [2.24, 2.45) is 5.92 Å². The zero-order valence-electron chi connectivity index (χ0n) is 11.5. The van der Waals surface area contributed by atoms with E-state index in [4.69, 9.17) is 0 Å². The molecule has 0 aliphatic heterocycles. The maximum absolute atomic E-state index is 13.4. The summed E-state index contributed by atoms with van der Waals surface area (Å²) >= 11 is 0. The Morgan fingerprint density at radius 3 is 2.82 bits per heavy atom. The van der Waals surface area contributed by atoms with Crippen molar-refractivity contribution < 1.29 is 18.5 Å². The van der Waals surface area contributed by atoms with Gasteiger partial charge in [-0.25, -0.2) is 8.78 Å². The Bertz CT molecular complexity index is 717. The number of nitrogens with zero attached hydrogens (tertiary/aromatic N) is 3. The second-order valence-corrected chi connectivity index (χ2v) is 4.69. The zero-order valence-corrected chi connectivity index (χ0v) is 11.5. The number of hydrogen-bond donors (Lipinski definition) is 1. The van der Waals surface area contributed by atoms with Crippen LogP contribution in [0.25, 0.3) is 0 Å². The number of nitrogens with one attached hydrogen (secondary N) is 1. The minimum absolute atomic E-state index is 0.0858. The largest absolute Gasteiger partial charge is 0.323 e. The Balaban J connectivity index is 2.00. The van der Waals surface area contributed by atoms with Gasteiger partial charge in [0, 0.05) is 6.07 Å². The van der Waals surface area contributed by atoms with Crippen LogP contribution in [0.15, 0.2) is 30.6 Å². The highest BCUT2D eigenvalue weighted by Gasteiger charge is 2.17. The summed E-state index contributed by atoms with van der Waals surface area (Å²) in [5.41, 5.74) is -0.318. The lowest BCUT2D eigenvalue weighted by molar-refractivity contribution is -0.385. The smallest absolute Gasteiger partial charge is 0.306 e. The maximum Gasteiger partial charge on any atom is 0.306 e. The molecule has 2 rings (SSSR count). The average Bonchev–Trinajstić information content (AvgIpc) is 2.90. The van der Waals surface area contributed by atoms with Gasteiger partial charge >= 0.3 is 5.69 Å². The van der Waals surface area contributed by atoms with Crippen LogP contribution in [0.5, 0.6) is 0 Å². The third-order valence-corrected chi connectivity index (χ3v) is 2.93. The lowest BCUT2D eigenvalue weighted by Crippen LogP contribution is -2.25. The molecule has 0 aliphatic rings. The molecule has 1 atom stereocenters. The Kier molecular flexibility index (Phi) is 4.44. The molecule has 0 saturated heterocycles. The molecule has 1 aromatic heterocycles. The molecular weight excluding hydrogens is 298 g/mol. The van der Waals surface area contributed by atoms with Gasteiger partial charge in [0.1, 0.15) is 24.0 Å². The van der Waals surface area contributed by atoms with Crippen molar-refractivity contribution in [3.05, 3.63) is 52.3 Å². The van der Waals surface area contributed by atoms with Crippen LogP contribution >= 0.6 is 0 Å². The van der Waals surface area contributed by atoms with Gasteiger partial charge in [0.2, 0.25) is 5.91 Å². The minimum Gasteiger partial charge on any atom is -0.323 e. The normalized spacial score (nSPS) is 12.0. The second kappa shape index (κ2) is 6.29. The quantitative estimate of drug-likeness (QED) is 0.678. The molecule has 1 N–H and O–H groups in total. The summed E-state index contributed by atoms with van der Waals surface area (Å²) in [4.78, 5) is 21.9. The van der Waals surface area contributed by atoms with Crippen LogP contribution in [0.3, 0.4) is 0 Å². The van der Waals surface area contributed by atoms with E-state index >= 15 is 0 Å². The van der Waals surface area contributed by atoms with Crippen LogP contribution in [0.4, 0.5) is 20.2 Å². The third kappa shape index (κ3) is 3.62. The molecule has 0 aliphatic carbocycles. The Labute approximate surface area is 123 Å². The molecule has 7 nitrogen and oxygen atoms in total. The highest BCUT2D eigenvalue weighted by Crippen LogP contribution is 2.16. The minimum atomic E-state index is -0.879. The van der Waals surface area contributed by atoms with Crippen LogP contribution in [-0.2, 0) is 11.3 Å². The highest BCUT2D eigenvalue weighted by molar-refractivity contribution is 5.92. The predicted octanol–water partition coefficient (Wildman–Crippen LogP) is 2.34. The van der Waals surface area contributed by atoms with Crippen LogP contribution in [-0.4, -0.2) is 20.6 Å². The molecule has 9 heteroatoms. The number of carbonyl (C=O) groups is 1. The van der Waals surface area contributed by atoms with E-state index in [2.05, 4.69) is 10.4 Å². The van der Waals surface area contributed by atoms with E-state index in [0.29, 0.717) is 6.07 Å². The monoisotopic (exact) mass is 310 g/mol. The van der Waals surface area contributed by atoms with Gasteiger partial charge in [-0.2, -0.15) is 5.10 Å². The topological polar surface area (TPSA) is 90.1 Å². The number of rotatable bonds is 5. The summed E-state index contributed by atoms with van der Waals surface area (Å²) in [6.07, 6.45) is 2.27. The van der Waals surface area contributed by atoms with Gasteiger partial charge in [-0.1, -0.05) is 6.92 Å². The van der Waals surface area contributed by atoms with E-state index in [9.17, 15) is 23.7 Å². The first-order valence-corrected chi connectivity index (χ1v) is 6.29. The Morgan fingerprint density at radius 2 is 2.23 bits per heavy atom. The van der Waals surface area contributed by atoms with E-state index < -0.39 is 28.4 Å². The van der Waals surface area contributed by atoms with Crippen molar-refractivity contribution in [1.29, 1.82) is 0 Å². The van der Waals surface area contributed by atoms with E-state index in [1.165, 1.54) is 10.9 Å². The molecule has 0 spiro atoms. The van der Waals surface area contributed by atoms with E-state index in [1.807, 2.05) is 0 Å². The molecule has 22 heavy (non-hydrogen) atoms. The van der Waals surface area contributed by atoms with Crippen molar-refractivity contribution in [1.82, 2.24) is 9.78 Å². The molecule has 1 amide bonds. The summed E-state index contributed by atoms with van der Waals surface area (Å²) in [7, 11) is 0. The van der Waals surface area contributed by atoms with Crippen LogP contribution in [0, 0.1) is 27.7 Å². The van der Waals surface area contributed by atoms with Gasteiger partial charge in [-0.3, -0.25) is 19.6 Å². The molecule has 0 saturated carbocycles. The number of aromatic nitrogens is 2. The number of hydrogen-bond acceptors (Lipinski definition) is 4. The Hall–Kier alpha value is -2.84. The number of carbonyl (C=O) groups excluding carboxylic acids is 1. The first kappa shape index (κ1) is 15.5. The molecule has 0 bridgehead atoms. The van der Waals surface area contributed by atoms with E-state index in [0.717, 1.165) is 18.3 Å². The Morgan fingerprint density at radius 1 is 1.50 bits per heavy atom. The molecule has 1 aromatic carbocycles. The molecule has 116 valence electrons. The summed E-state index contributed by atoms with van der Waals surface area (Å²) in [6, 6.07) is 2.81. The van der Waals surface area contributed by atoms with Gasteiger partial charge in [0.25, 0.3) is 0 Å². The molecule has 0 fully saturated rings. The fourth-order valence-corrected chi connectivity index (χ4v) is 1.76. The van der Waals surface area contributed by atoms with Crippen LogP contribution in [0.1, 0.15) is 6.92 Å². The van der Waals surface area contributed by atoms with Gasteiger partial charge in [-0.15, -0.1) is 0 Å². The summed E-state index contributed by atoms with van der Waals surface area (Å²) < 4.78 is 27.5. The molecule has 1 unspecified atom stereocenters. The van der Waals surface area contributed by atoms with Crippen molar-refractivity contribution >= 4 is 17.3 Å². The SMILES string of the molecule is CC(Cn1cc([N+](=O)[O-])cn1)C(=O)Nc1ccc(F)cc1F. The number of amides is 1. The van der Waals surface area contributed by atoms with Crippen LogP contribution < -0.4 is 5.32 Å². The molecule has 2 aromatic rings.